The number of amides is 2. The van der Waals surface area contributed by atoms with Crippen molar-refractivity contribution in [1.82, 2.24) is 10.2 Å². The van der Waals surface area contributed by atoms with Crippen LogP contribution in [0.5, 0.6) is 0 Å². The van der Waals surface area contributed by atoms with Crippen LogP contribution in [-0.2, 0) is 11.2 Å². The molecule has 24 heavy (non-hydrogen) atoms. The molecule has 2 amide bonds. The second-order valence-electron chi connectivity index (χ2n) is 6.02. The summed E-state index contributed by atoms with van der Waals surface area (Å²) in [7, 11) is 0. The van der Waals surface area contributed by atoms with E-state index in [1.165, 1.54) is 12.1 Å². The molecule has 2 rings (SSSR count). The van der Waals surface area contributed by atoms with Crippen LogP contribution in [0.4, 0.5) is 10.5 Å². The van der Waals surface area contributed by atoms with Gasteiger partial charge in [-0.1, -0.05) is 12.1 Å². The fourth-order valence-electron chi connectivity index (χ4n) is 2.88. The van der Waals surface area contributed by atoms with E-state index < -0.39 is 4.92 Å². The summed E-state index contributed by atoms with van der Waals surface area (Å²) in [5.74, 6) is 0.416. The molecule has 1 aromatic rings. The molecule has 1 aromatic carbocycles. The molecule has 1 atom stereocenters. The first-order valence-corrected chi connectivity index (χ1v) is 8.44. The van der Waals surface area contributed by atoms with Crippen molar-refractivity contribution in [2.24, 2.45) is 5.92 Å². The lowest BCUT2D eigenvalue weighted by Crippen LogP contribution is -2.46. The Bertz CT molecular complexity index is 547. The third-order valence-electron chi connectivity index (χ3n) is 4.20. The number of urea groups is 1. The van der Waals surface area contributed by atoms with Gasteiger partial charge in [0, 0.05) is 44.3 Å². The zero-order valence-electron chi connectivity index (χ0n) is 14.1. The van der Waals surface area contributed by atoms with Gasteiger partial charge in [0.1, 0.15) is 0 Å². The highest BCUT2D eigenvalue weighted by molar-refractivity contribution is 5.74. The molecule has 0 bridgehead atoms. The summed E-state index contributed by atoms with van der Waals surface area (Å²) < 4.78 is 5.46. The van der Waals surface area contributed by atoms with Crippen LogP contribution in [0.2, 0.25) is 0 Å². The minimum Gasteiger partial charge on any atom is -0.381 e. The highest BCUT2D eigenvalue weighted by atomic mass is 16.6. The van der Waals surface area contributed by atoms with Gasteiger partial charge < -0.3 is 15.0 Å². The van der Waals surface area contributed by atoms with Gasteiger partial charge in [0.05, 0.1) is 11.5 Å². The maximum atomic E-state index is 12.2. The van der Waals surface area contributed by atoms with E-state index in [-0.39, 0.29) is 11.7 Å². The molecule has 1 fully saturated rings. The van der Waals surface area contributed by atoms with Gasteiger partial charge in [-0.25, -0.2) is 4.79 Å². The van der Waals surface area contributed by atoms with E-state index in [4.69, 9.17) is 4.74 Å². The number of hydrogen-bond acceptors (Lipinski definition) is 4. The molecule has 7 heteroatoms. The van der Waals surface area contributed by atoms with Gasteiger partial charge in [0.2, 0.25) is 0 Å². The Hall–Kier alpha value is -2.15. The Balaban J connectivity index is 1.73. The number of hydrogen-bond donors (Lipinski definition) is 1. The van der Waals surface area contributed by atoms with Crippen molar-refractivity contribution >= 4 is 11.7 Å². The van der Waals surface area contributed by atoms with Crippen LogP contribution in [0.3, 0.4) is 0 Å². The maximum Gasteiger partial charge on any atom is 0.317 e. The van der Waals surface area contributed by atoms with Crippen LogP contribution < -0.4 is 5.32 Å². The number of piperidine rings is 1. The Morgan fingerprint density at radius 3 is 2.83 bits per heavy atom. The van der Waals surface area contributed by atoms with Crippen molar-refractivity contribution < 1.29 is 14.5 Å². The van der Waals surface area contributed by atoms with Gasteiger partial charge in [-0.15, -0.1) is 0 Å². The van der Waals surface area contributed by atoms with Crippen LogP contribution in [0.15, 0.2) is 24.3 Å². The van der Waals surface area contributed by atoms with E-state index >= 15 is 0 Å². The topological polar surface area (TPSA) is 84.7 Å². The molecule has 1 aliphatic heterocycles. The van der Waals surface area contributed by atoms with Crippen LogP contribution in [0.1, 0.15) is 25.3 Å². The summed E-state index contributed by atoms with van der Waals surface area (Å²) >= 11 is 0. The quantitative estimate of drug-likeness (QED) is 0.613. The Labute approximate surface area is 142 Å². The van der Waals surface area contributed by atoms with Crippen molar-refractivity contribution in [3.8, 4) is 0 Å². The first-order valence-electron chi connectivity index (χ1n) is 8.44. The summed E-state index contributed by atoms with van der Waals surface area (Å²) in [5.41, 5.74) is 1.05. The predicted octanol–water partition coefficient (Wildman–Crippen LogP) is 2.60. The largest absolute Gasteiger partial charge is 0.381 e. The number of ether oxygens (including phenoxy) is 1. The number of rotatable bonds is 7. The number of nitro groups is 1. The van der Waals surface area contributed by atoms with Crippen molar-refractivity contribution in [2.75, 3.05) is 32.8 Å². The molecule has 7 nitrogen and oxygen atoms in total. The van der Waals surface area contributed by atoms with Gasteiger partial charge in [0.25, 0.3) is 5.69 Å². The van der Waals surface area contributed by atoms with Crippen molar-refractivity contribution in [2.45, 2.75) is 26.2 Å². The van der Waals surface area contributed by atoms with E-state index in [0.29, 0.717) is 32.1 Å². The molecule has 0 aliphatic carbocycles. The molecular weight excluding hydrogens is 310 g/mol. The third kappa shape index (κ3) is 5.49. The van der Waals surface area contributed by atoms with Crippen LogP contribution in [0, 0.1) is 16.0 Å². The fraction of sp³-hybridized carbons (Fsp3) is 0.588. The first-order chi connectivity index (χ1) is 11.6. The lowest BCUT2D eigenvalue weighted by Gasteiger charge is -2.32. The number of carbonyl (C=O) groups excluding carboxylic acids is 1. The lowest BCUT2D eigenvalue weighted by molar-refractivity contribution is -0.384. The second-order valence-corrected chi connectivity index (χ2v) is 6.02. The molecule has 0 spiro atoms. The van der Waals surface area contributed by atoms with Gasteiger partial charge in [-0.3, -0.25) is 10.1 Å². The molecule has 1 heterocycles. The molecular formula is C17H25N3O4. The minimum absolute atomic E-state index is 0.0434. The molecule has 132 valence electrons. The summed E-state index contributed by atoms with van der Waals surface area (Å²) in [6, 6.07) is 6.38. The van der Waals surface area contributed by atoms with Crippen LogP contribution >= 0.6 is 0 Å². The van der Waals surface area contributed by atoms with Crippen molar-refractivity contribution in [1.29, 1.82) is 0 Å². The van der Waals surface area contributed by atoms with Gasteiger partial charge in [-0.05, 0) is 31.7 Å². The Kier molecular flexibility index (Phi) is 6.99. The number of non-ortho nitro benzene ring substituents is 1. The average Bonchev–Trinajstić information content (AvgIpc) is 2.60. The van der Waals surface area contributed by atoms with Crippen LogP contribution in [0.25, 0.3) is 0 Å². The van der Waals surface area contributed by atoms with Gasteiger partial charge >= 0.3 is 6.03 Å². The second kappa shape index (κ2) is 9.22. The molecule has 0 aromatic heterocycles. The number of carbonyl (C=O) groups is 1. The number of nitrogens with zero attached hydrogens (tertiary/aromatic N) is 2. The summed E-state index contributed by atoms with van der Waals surface area (Å²) in [6.07, 6.45) is 2.76. The van der Waals surface area contributed by atoms with E-state index in [2.05, 4.69) is 5.32 Å². The molecule has 1 aliphatic rings. The molecule has 0 radical (unpaired) electrons. The SMILES string of the molecule is CCOCC1CCCN(C(=O)NCCc2ccc([N+](=O)[O-])cc2)C1. The van der Waals surface area contributed by atoms with Crippen molar-refractivity contribution in [3.63, 3.8) is 0 Å². The number of nitrogens with one attached hydrogen (secondary N) is 1. The molecule has 1 unspecified atom stereocenters. The first kappa shape index (κ1) is 18.2. The lowest BCUT2D eigenvalue weighted by atomic mass is 9.99. The summed E-state index contributed by atoms with van der Waals surface area (Å²) in [4.78, 5) is 24.3. The smallest absolute Gasteiger partial charge is 0.317 e. The van der Waals surface area contributed by atoms with E-state index in [1.807, 2.05) is 11.8 Å². The van der Waals surface area contributed by atoms with Crippen LogP contribution in [-0.4, -0.2) is 48.7 Å². The number of nitro benzene ring substituents is 1. The monoisotopic (exact) mass is 335 g/mol. The number of benzene rings is 1. The summed E-state index contributed by atoms with van der Waals surface area (Å²) in [6.45, 7) is 5.44. The molecule has 0 saturated carbocycles. The third-order valence-corrected chi connectivity index (χ3v) is 4.20. The van der Waals surface area contributed by atoms with Gasteiger partial charge in [0.15, 0.2) is 0 Å². The molecule has 1 N–H and O–H groups in total. The normalized spacial score (nSPS) is 17.5. The highest BCUT2D eigenvalue weighted by Crippen LogP contribution is 2.17. The predicted molar refractivity (Wildman–Crippen MR) is 91.0 cm³/mol. The zero-order chi connectivity index (χ0) is 17.4. The standard InChI is InChI=1S/C17H25N3O4/c1-2-24-13-15-4-3-11-19(12-15)17(21)18-10-9-14-5-7-16(8-6-14)20(22)23/h5-8,15H,2-4,9-13H2,1H3,(H,18,21). The van der Waals surface area contributed by atoms with Gasteiger partial charge in [-0.2, -0.15) is 0 Å². The summed E-state index contributed by atoms with van der Waals surface area (Å²) in [5, 5.41) is 13.5. The fourth-order valence-corrected chi connectivity index (χ4v) is 2.88. The molecule has 1 saturated heterocycles. The highest BCUT2D eigenvalue weighted by Gasteiger charge is 2.23. The maximum absolute atomic E-state index is 12.2. The van der Waals surface area contributed by atoms with Crippen molar-refractivity contribution in [3.05, 3.63) is 39.9 Å². The van der Waals surface area contributed by atoms with E-state index in [1.54, 1.807) is 12.1 Å². The minimum atomic E-state index is -0.416. The Morgan fingerprint density at radius 2 is 2.17 bits per heavy atom. The number of likely N-dealkylation sites (tertiary alicyclic amines) is 1. The van der Waals surface area contributed by atoms with E-state index in [0.717, 1.165) is 31.5 Å². The zero-order valence-corrected chi connectivity index (χ0v) is 14.1. The Morgan fingerprint density at radius 1 is 1.42 bits per heavy atom. The average molecular weight is 335 g/mol. The van der Waals surface area contributed by atoms with E-state index in [9.17, 15) is 14.9 Å².